The van der Waals surface area contributed by atoms with Crippen LogP contribution in [0, 0.1) is 0 Å². The minimum Gasteiger partial charge on any atom is -0.385 e. The topological polar surface area (TPSA) is 67.6 Å². The summed E-state index contributed by atoms with van der Waals surface area (Å²) in [6.07, 6.45) is 1.88. The molecule has 1 atom stereocenters. The molecule has 3 N–H and O–H groups in total. The third-order valence-electron chi connectivity index (χ3n) is 2.68. The van der Waals surface area contributed by atoms with Crippen molar-refractivity contribution >= 4 is 5.91 Å². The van der Waals surface area contributed by atoms with Crippen LogP contribution in [0.25, 0.3) is 0 Å². The van der Waals surface area contributed by atoms with E-state index in [1.54, 1.807) is 7.11 Å². The van der Waals surface area contributed by atoms with Gasteiger partial charge in [-0.1, -0.05) is 6.92 Å². The molecule has 0 spiro atoms. The zero-order valence-electron chi connectivity index (χ0n) is 11.4. The lowest BCUT2D eigenvalue weighted by Crippen LogP contribution is -2.47. The first kappa shape index (κ1) is 16.4. The number of nitrogens with one attached hydrogen (secondary N) is 1. The monoisotopic (exact) mass is 245 g/mol. The van der Waals surface area contributed by atoms with Crippen LogP contribution in [0.2, 0.25) is 0 Å². The molecule has 0 aliphatic rings. The first-order chi connectivity index (χ1) is 8.17. The summed E-state index contributed by atoms with van der Waals surface area (Å²) in [4.78, 5) is 14.0. The van der Waals surface area contributed by atoms with Crippen molar-refractivity contribution in [1.82, 2.24) is 10.2 Å². The van der Waals surface area contributed by atoms with E-state index in [0.29, 0.717) is 19.7 Å². The molecule has 0 saturated heterocycles. The van der Waals surface area contributed by atoms with Crippen molar-refractivity contribution in [3.05, 3.63) is 0 Å². The van der Waals surface area contributed by atoms with Gasteiger partial charge in [0, 0.05) is 33.4 Å². The van der Waals surface area contributed by atoms with Crippen LogP contribution in [0.5, 0.6) is 0 Å². The van der Waals surface area contributed by atoms with Crippen LogP contribution >= 0.6 is 0 Å². The summed E-state index contributed by atoms with van der Waals surface area (Å²) >= 11 is 0. The first-order valence-electron chi connectivity index (χ1n) is 6.38. The summed E-state index contributed by atoms with van der Waals surface area (Å²) < 4.78 is 4.93. The molecule has 5 heteroatoms. The smallest absolute Gasteiger partial charge is 0.237 e. The molecule has 5 nitrogen and oxygen atoms in total. The van der Waals surface area contributed by atoms with Crippen molar-refractivity contribution in [1.29, 1.82) is 0 Å². The molecule has 0 aliphatic heterocycles. The van der Waals surface area contributed by atoms with Gasteiger partial charge in [0.25, 0.3) is 0 Å². The highest BCUT2D eigenvalue weighted by Gasteiger charge is 2.19. The zero-order chi connectivity index (χ0) is 13.1. The SMILES string of the molecule is CCCN(CCN)C(C)C(=O)NCCCOC. The van der Waals surface area contributed by atoms with Gasteiger partial charge < -0.3 is 15.8 Å². The molecule has 1 unspecified atom stereocenters. The van der Waals surface area contributed by atoms with Gasteiger partial charge >= 0.3 is 0 Å². The van der Waals surface area contributed by atoms with Crippen molar-refractivity contribution in [2.75, 3.05) is 39.9 Å². The van der Waals surface area contributed by atoms with Crippen LogP contribution in [0.15, 0.2) is 0 Å². The van der Waals surface area contributed by atoms with Crippen molar-refractivity contribution < 1.29 is 9.53 Å². The number of ether oxygens (including phenoxy) is 1. The minimum absolute atomic E-state index is 0.0722. The Bertz CT molecular complexity index is 194. The Hall–Kier alpha value is -0.650. The maximum Gasteiger partial charge on any atom is 0.237 e. The highest BCUT2D eigenvalue weighted by atomic mass is 16.5. The number of nitrogens with two attached hydrogens (primary N) is 1. The fourth-order valence-electron chi connectivity index (χ4n) is 1.69. The number of carbonyl (C=O) groups is 1. The van der Waals surface area contributed by atoms with Gasteiger partial charge in [0.05, 0.1) is 6.04 Å². The molecule has 0 aromatic carbocycles. The second-order valence-corrected chi connectivity index (χ2v) is 4.14. The van der Waals surface area contributed by atoms with E-state index in [-0.39, 0.29) is 11.9 Å². The Labute approximate surface area is 105 Å². The highest BCUT2D eigenvalue weighted by molar-refractivity contribution is 5.81. The summed E-state index contributed by atoms with van der Waals surface area (Å²) in [6, 6.07) is -0.110. The summed E-state index contributed by atoms with van der Waals surface area (Å²) in [6.45, 7) is 7.63. The highest BCUT2D eigenvalue weighted by Crippen LogP contribution is 2.00. The Morgan fingerprint density at radius 2 is 2.18 bits per heavy atom. The van der Waals surface area contributed by atoms with Crippen LogP contribution in [0.3, 0.4) is 0 Å². The van der Waals surface area contributed by atoms with E-state index in [9.17, 15) is 4.79 Å². The molecular formula is C12H27N3O2. The molecule has 0 aromatic heterocycles. The van der Waals surface area contributed by atoms with Crippen molar-refractivity contribution in [3.8, 4) is 0 Å². The average molecular weight is 245 g/mol. The van der Waals surface area contributed by atoms with Gasteiger partial charge in [0.1, 0.15) is 0 Å². The predicted octanol–water partition coefficient (Wildman–Crippen LogP) is 0.198. The third-order valence-corrected chi connectivity index (χ3v) is 2.68. The second kappa shape index (κ2) is 10.5. The van der Waals surface area contributed by atoms with Crippen LogP contribution in [0.4, 0.5) is 0 Å². The number of hydrogen-bond donors (Lipinski definition) is 2. The van der Waals surface area contributed by atoms with E-state index in [1.165, 1.54) is 0 Å². The second-order valence-electron chi connectivity index (χ2n) is 4.14. The fraction of sp³-hybridized carbons (Fsp3) is 0.917. The summed E-state index contributed by atoms with van der Waals surface area (Å²) in [5.74, 6) is 0.0722. The minimum atomic E-state index is -0.110. The van der Waals surface area contributed by atoms with Gasteiger partial charge in [-0.3, -0.25) is 9.69 Å². The number of nitrogens with zero attached hydrogens (tertiary/aromatic N) is 1. The quantitative estimate of drug-likeness (QED) is 0.540. The molecule has 0 heterocycles. The van der Waals surface area contributed by atoms with Crippen LogP contribution < -0.4 is 11.1 Å². The van der Waals surface area contributed by atoms with Crippen molar-refractivity contribution in [2.45, 2.75) is 32.7 Å². The van der Waals surface area contributed by atoms with E-state index in [1.807, 2.05) is 6.92 Å². The molecule has 0 bridgehead atoms. The van der Waals surface area contributed by atoms with Gasteiger partial charge in [-0.25, -0.2) is 0 Å². The molecule has 0 rings (SSSR count). The molecule has 0 radical (unpaired) electrons. The van der Waals surface area contributed by atoms with Crippen molar-refractivity contribution in [2.24, 2.45) is 5.73 Å². The number of carbonyl (C=O) groups excluding carboxylic acids is 1. The van der Waals surface area contributed by atoms with E-state index < -0.39 is 0 Å². The average Bonchev–Trinajstić information content (AvgIpc) is 2.33. The first-order valence-corrected chi connectivity index (χ1v) is 6.38. The Morgan fingerprint density at radius 3 is 2.71 bits per heavy atom. The summed E-state index contributed by atoms with van der Waals surface area (Å²) in [7, 11) is 1.66. The molecular weight excluding hydrogens is 218 g/mol. The van der Waals surface area contributed by atoms with Crippen LogP contribution in [-0.4, -0.2) is 56.7 Å². The molecule has 0 saturated carbocycles. The molecule has 1 amide bonds. The van der Waals surface area contributed by atoms with E-state index >= 15 is 0 Å². The third kappa shape index (κ3) is 7.31. The zero-order valence-corrected chi connectivity index (χ0v) is 11.4. The van der Waals surface area contributed by atoms with Crippen molar-refractivity contribution in [3.63, 3.8) is 0 Å². The molecule has 102 valence electrons. The van der Waals surface area contributed by atoms with E-state index in [0.717, 1.165) is 25.9 Å². The lowest BCUT2D eigenvalue weighted by Gasteiger charge is -2.27. The standard InChI is InChI=1S/C12H27N3O2/c1-4-8-15(9-6-13)11(2)12(16)14-7-5-10-17-3/h11H,4-10,13H2,1-3H3,(H,14,16). The fourth-order valence-corrected chi connectivity index (χ4v) is 1.69. The number of methoxy groups -OCH3 is 1. The Morgan fingerprint density at radius 1 is 1.47 bits per heavy atom. The van der Waals surface area contributed by atoms with Crippen LogP contribution in [0.1, 0.15) is 26.7 Å². The van der Waals surface area contributed by atoms with E-state index in [2.05, 4.69) is 17.1 Å². The van der Waals surface area contributed by atoms with Gasteiger partial charge in [0.15, 0.2) is 0 Å². The number of hydrogen-bond acceptors (Lipinski definition) is 4. The predicted molar refractivity (Wildman–Crippen MR) is 69.9 cm³/mol. The Balaban J connectivity index is 3.97. The molecule has 17 heavy (non-hydrogen) atoms. The van der Waals surface area contributed by atoms with Gasteiger partial charge in [-0.2, -0.15) is 0 Å². The largest absolute Gasteiger partial charge is 0.385 e. The van der Waals surface area contributed by atoms with Crippen LogP contribution in [-0.2, 0) is 9.53 Å². The lowest BCUT2D eigenvalue weighted by molar-refractivity contribution is -0.125. The number of amides is 1. The maximum absolute atomic E-state index is 11.9. The summed E-state index contributed by atoms with van der Waals surface area (Å²) in [5.41, 5.74) is 5.55. The molecule has 0 aliphatic carbocycles. The molecule has 0 fully saturated rings. The Kier molecular flexibility index (Phi) is 10.1. The molecule has 0 aromatic rings. The maximum atomic E-state index is 11.9. The van der Waals surface area contributed by atoms with Gasteiger partial charge in [0.2, 0.25) is 5.91 Å². The van der Waals surface area contributed by atoms with E-state index in [4.69, 9.17) is 10.5 Å². The van der Waals surface area contributed by atoms with Gasteiger partial charge in [-0.15, -0.1) is 0 Å². The number of rotatable bonds is 10. The van der Waals surface area contributed by atoms with Gasteiger partial charge in [-0.05, 0) is 26.3 Å². The lowest BCUT2D eigenvalue weighted by atomic mass is 10.2. The summed E-state index contributed by atoms with van der Waals surface area (Å²) in [5, 5.41) is 2.91. The normalized spacial score (nSPS) is 12.8.